The van der Waals surface area contributed by atoms with Gasteiger partial charge in [0.15, 0.2) is 0 Å². The second-order valence-electron chi connectivity index (χ2n) is 4.76. The van der Waals surface area contributed by atoms with Crippen LogP contribution < -0.4 is 10.1 Å². The first-order valence-corrected chi connectivity index (χ1v) is 7.91. The van der Waals surface area contributed by atoms with Crippen molar-refractivity contribution in [2.24, 2.45) is 0 Å². The monoisotopic (exact) mass is 382 g/mol. The number of rotatable bonds is 5. The Morgan fingerprint density at radius 3 is 2.50 bits per heavy atom. The van der Waals surface area contributed by atoms with Gasteiger partial charge in [0.2, 0.25) is 0 Å². The second kappa shape index (κ2) is 8.70. The lowest BCUT2D eigenvalue weighted by Crippen LogP contribution is -2.14. The van der Waals surface area contributed by atoms with Crippen molar-refractivity contribution in [1.29, 1.82) is 5.26 Å². The minimum absolute atomic E-state index is 0.0139. The smallest absolute Gasteiger partial charge is 0.266 e. The molecule has 0 unspecified atom stereocenters. The van der Waals surface area contributed by atoms with Gasteiger partial charge in [-0.05, 0) is 29.8 Å². The third-order valence-corrected chi connectivity index (χ3v) is 3.56. The lowest BCUT2D eigenvalue weighted by molar-refractivity contribution is -0.112. The molecule has 0 radical (unpaired) electrons. The van der Waals surface area contributed by atoms with Crippen LogP contribution in [-0.2, 0) is 4.79 Å². The standard InChI is InChI=1S/C19H15BrN2O2/c1-24-18-10-6-5-9-17(18)22-19(23)15(13-21)12-16(20)11-14-7-3-2-4-8-14/h2-12H,1H3,(H,22,23)/b15-12+,16-11-. The number of nitrogens with one attached hydrogen (secondary N) is 1. The summed E-state index contributed by atoms with van der Waals surface area (Å²) in [5.74, 6) is 0.0300. The highest BCUT2D eigenvalue weighted by molar-refractivity contribution is 9.12. The molecule has 4 nitrogen and oxygen atoms in total. The van der Waals surface area contributed by atoms with Crippen molar-refractivity contribution in [3.05, 3.63) is 76.3 Å². The topological polar surface area (TPSA) is 62.1 Å². The van der Waals surface area contributed by atoms with Crippen LogP contribution in [0, 0.1) is 11.3 Å². The van der Waals surface area contributed by atoms with E-state index in [0.717, 1.165) is 5.56 Å². The summed E-state index contributed by atoms with van der Waals surface area (Å²) in [7, 11) is 1.52. The number of allylic oxidation sites excluding steroid dienone is 2. The molecule has 0 bridgehead atoms. The third-order valence-electron chi connectivity index (χ3n) is 3.11. The summed E-state index contributed by atoms with van der Waals surface area (Å²) in [6.07, 6.45) is 3.31. The van der Waals surface area contributed by atoms with Crippen molar-refractivity contribution in [3.8, 4) is 11.8 Å². The molecule has 120 valence electrons. The van der Waals surface area contributed by atoms with Crippen molar-refractivity contribution in [2.45, 2.75) is 0 Å². The van der Waals surface area contributed by atoms with Crippen molar-refractivity contribution >= 4 is 33.6 Å². The number of halogens is 1. The molecule has 5 heteroatoms. The molecule has 1 amide bonds. The summed E-state index contributed by atoms with van der Waals surface area (Å²) < 4.78 is 5.81. The van der Waals surface area contributed by atoms with Crippen LogP contribution in [0.25, 0.3) is 6.08 Å². The average molecular weight is 383 g/mol. The van der Waals surface area contributed by atoms with E-state index in [9.17, 15) is 10.1 Å². The van der Waals surface area contributed by atoms with Gasteiger partial charge in [-0.15, -0.1) is 0 Å². The van der Waals surface area contributed by atoms with E-state index in [1.54, 1.807) is 24.3 Å². The Labute approximate surface area is 149 Å². The summed E-state index contributed by atoms with van der Waals surface area (Å²) in [5, 5.41) is 11.9. The second-order valence-corrected chi connectivity index (χ2v) is 5.68. The first-order chi connectivity index (χ1) is 11.6. The maximum Gasteiger partial charge on any atom is 0.266 e. The first-order valence-electron chi connectivity index (χ1n) is 7.12. The number of nitriles is 1. The quantitative estimate of drug-likeness (QED) is 0.469. The zero-order valence-corrected chi connectivity index (χ0v) is 14.6. The predicted octanol–water partition coefficient (Wildman–Crippen LogP) is 4.52. The fourth-order valence-corrected chi connectivity index (χ4v) is 2.47. The molecular formula is C19H15BrN2O2. The number of amides is 1. The van der Waals surface area contributed by atoms with E-state index in [4.69, 9.17) is 4.74 Å². The maximum atomic E-state index is 12.3. The summed E-state index contributed by atoms with van der Waals surface area (Å²) >= 11 is 3.37. The predicted molar refractivity (Wildman–Crippen MR) is 98.7 cm³/mol. The van der Waals surface area contributed by atoms with Gasteiger partial charge in [-0.25, -0.2) is 0 Å². The van der Waals surface area contributed by atoms with Gasteiger partial charge in [0.05, 0.1) is 12.8 Å². The molecule has 0 spiro atoms. The van der Waals surface area contributed by atoms with E-state index in [2.05, 4.69) is 21.2 Å². The first kappa shape index (κ1) is 17.5. The van der Waals surface area contributed by atoms with Crippen LogP contribution in [0.5, 0.6) is 5.75 Å². The normalized spacial score (nSPS) is 11.5. The number of para-hydroxylation sites is 2. The number of nitrogens with zero attached hydrogens (tertiary/aromatic N) is 1. The van der Waals surface area contributed by atoms with Crippen LogP contribution in [0.15, 0.2) is 70.7 Å². The minimum atomic E-state index is -0.500. The van der Waals surface area contributed by atoms with E-state index in [1.165, 1.54) is 13.2 Å². The Bertz CT molecular complexity index is 821. The summed E-state index contributed by atoms with van der Waals surface area (Å²) in [5.41, 5.74) is 1.46. The van der Waals surface area contributed by atoms with Gasteiger partial charge in [-0.3, -0.25) is 4.79 Å². The molecule has 0 aliphatic heterocycles. The van der Waals surface area contributed by atoms with Crippen LogP contribution in [0.4, 0.5) is 5.69 Å². The number of hydrogen-bond donors (Lipinski definition) is 1. The van der Waals surface area contributed by atoms with Gasteiger partial charge in [-0.2, -0.15) is 5.26 Å². The summed E-state index contributed by atoms with van der Waals surface area (Å²) in [4.78, 5) is 12.3. The Morgan fingerprint density at radius 1 is 1.17 bits per heavy atom. The third kappa shape index (κ3) is 4.83. The molecule has 2 aromatic carbocycles. The summed E-state index contributed by atoms with van der Waals surface area (Å²) in [6, 6.07) is 18.5. The molecule has 2 rings (SSSR count). The molecule has 0 heterocycles. The fourth-order valence-electron chi connectivity index (χ4n) is 1.97. The highest BCUT2D eigenvalue weighted by Gasteiger charge is 2.12. The highest BCUT2D eigenvalue weighted by atomic mass is 79.9. The van der Waals surface area contributed by atoms with Crippen molar-refractivity contribution in [3.63, 3.8) is 0 Å². The van der Waals surface area contributed by atoms with Crippen LogP contribution in [0.1, 0.15) is 5.56 Å². The van der Waals surface area contributed by atoms with Gasteiger partial charge in [0.25, 0.3) is 5.91 Å². The number of carbonyl (C=O) groups excluding carboxylic acids is 1. The van der Waals surface area contributed by atoms with Gasteiger partial charge in [0.1, 0.15) is 17.4 Å². The van der Waals surface area contributed by atoms with Gasteiger partial charge in [0, 0.05) is 4.48 Å². The van der Waals surface area contributed by atoms with Crippen molar-refractivity contribution < 1.29 is 9.53 Å². The van der Waals surface area contributed by atoms with E-state index >= 15 is 0 Å². The van der Waals surface area contributed by atoms with Crippen LogP contribution >= 0.6 is 15.9 Å². The zero-order chi connectivity index (χ0) is 17.4. The van der Waals surface area contributed by atoms with Crippen LogP contribution in [-0.4, -0.2) is 13.0 Å². The molecule has 0 aliphatic rings. The number of hydrogen-bond acceptors (Lipinski definition) is 3. The molecule has 2 aromatic rings. The lowest BCUT2D eigenvalue weighted by atomic mass is 10.2. The molecule has 24 heavy (non-hydrogen) atoms. The SMILES string of the molecule is COc1ccccc1NC(=O)/C(C#N)=C/C(Br)=C/c1ccccc1. The van der Waals surface area contributed by atoms with E-state index < -0.39 is 5.91 Å². The summed E-state index contributed by atoms with van der Waals surface area (Å²) in [6.45, 7) is 0. The molecule has 0 saturated carbocycles. The van der Waals surface area contributed by atoms with Crippen LogP contribution in [0.3, 0.4) is 0 Å². The molecule has 0 saturated heterocycles. The molecule has 0 aliphatic carbocycles. The Kier molecular flexibility index (Phi) is 6.35. The van der Waals surface area contributed by atoms with E-state index in [1.807, 2.05) is 42.5 Å². The Balaban J connectivity index is 2.20. The largest absolute Gasteiger partial charge is 0.495 e. The molecule has 0 aromatic heterocycles. The van der Waals surface area contributed by atoms with Gasteiger partial charge < -0.3 is 10.1 Å². The van der Waals surface area contributed by atoms with E-state index in [-0.39, 0.29) is 5.57 Å². The highest BCUT2D eigenvalue weighted by Crippen LogP contribution is 2.24. The van der Waals surface area contributed by atoms with Gasteiger partial charge in [-0.1, -0.05) is 58.4 Å². The molecule has 1 N–H and O–H groups in total. The van der Waals surface area contributed by atoms with Crippen LogP contribution in [0.2, 0.25) is 0 Å². The molecular weight excluding hydrogens is 368 g/mol. The number of ether oxygens (including phenoxy) is 1. The number of benzene rings is 2. The maximum absolute atomic E-state index is 12.3. The number of anilines is 1. The van der Waals surface area contributed by atoms with Crippen molar-refractivity contribution in [2.75, 3.05) is 12.4 Å². The zero-order valence-electron chi connectivity index (χ0n) is 13.0. The van der Waals surface area contributed by atoms with Gasteiger partial charge >= 0.3 is 0 Å². The molecule has 0 fully saturated rings. The number of carbonyl (C=O) groups is 1. The lowest BCUT2D eigenvalue weighted by Gasteiger charge is -2.09. The van der Waals surface area contributed by atoms with Crippen molar-refractivity contribution in [1.82, 2.24) is 0 Å². The minimum Gasteiger partial charge on any atom is -0.495 e. The Morgan fingerprint density at radius 2 is 1.83 bits per heavy atom. The van der Waals surface area contributed by atoms with E-state index in [0.29, 0.717) is 15.9 Å². The Hall–Kier alpha value is -2.84. The molecule has 0 atom stereocenters. The fraction of sp³-hybridized carbons (Fsp3) is 0.0526. The number of methoxy groups -OCH3 is 1. The average Bonchev–Trinajstić information content (AvgIpc) is 2.61.